The maximum Gasteiger partial charge on any atom is 0.252 e. The van der Waals surface area contributed by atoms with E-state index in [4.69, 9.17) is 10.7 Å². The van der Waals surface area contributed by atoms with Gasteiger partial charge in [-0.15, -0.1) is 0 Å². The minimum Gasteiger partial charge on any atom is -0.352 e. The van der Waals surface area contributed by atoms with Crippen molar-refractivity contribution in [3.63, 3.8) is 0 Å². The van der Waals surface area contributed by atoms with Gasteiger partial charge in [0, 0.05) is 29.4 Å². The molecule has 0 atom stereocenters. The third-order valence-electron chi connectivity index (χ3n) is 6.44. The van der Waals surface area contributed by atoms with Gasteiger partial charge in [0.05, 0.1) is 17.0 Å². The van der Waals surface area contributed by atoms with Crippen LogP contribution in [0.5, 0.6) is 0 Å². The average Bonchev–Trinajstić information content (AvgIpc) is 3.20. The van der Waals surface area contributed by atoms with E-state index in [9.17, 15) is 4.79 Å². The fraction of sp³-hybridized carbons (Fsp3) is 0.259. The smallest absolute Gasteiger partial charge is 0.252 e. The maximum absolute atomic E-state index is 12.6. The van der Waals surface area contributed by atoms with Crippen molar-refractivity contribution >= 4 is 11.6 Å². The van der Waals surface area contributed by atoms with Gasteiger partial charge in [0.25, 0.3) is 5.91 Å². The van der Waals surface area contributed by atoms with Gasteiger partial charge in [-0.25, -0.2) is 4.98 Å². The number of fused-ring (bicyclic) bond motifs is 1. The van der Waals surface area contributed by atoms with E-state index in [0.29, 0.717) is 12.1 Å². The SMILES string of the molecule is CCCNC(=O)c1ccc2nc(-c3ccc(C4(N)CCC4)cc3)c(-c3ccccc3)n2c1. The summed E-state index contributed by atoms with van der Waals surface area (Å²) in [6.45, 7) is 2.70. The Bertz CT molecular complexity index is 1250. The number of benzene rings is 2. The molecule has 1 saturated carbocycles. The molecule has 0 aliphatic heterocycles. The number of hydrogen-bond acceptors (Lipinski definition) is 3. The standard InChI is InChI=1S/C27H28N4O/c1-2-17-29-26(32)21-11-14-23-30-24(25(31(23)18-21)20-7-4-3-5-8-20)19-9-12-22(13-10-19)27(28)15-6-16-27/h3-5,7-14,18H,2,6,15-17,28H2,1H3,(H,29,32). The summed E-state index contributed by atoms with van der Waals surface area (Å²) in [5.41, 5.74) is 12.9. The molecule has 1 amide bonds. The van der Waals surface area contributed by atoms with Crippen molar-refractivity contribution in [3.05, 3.63) is 84.1 Å². The molecule has 1 fully saturated rings. The van der Waals surface area contributed by atoms with E-state index in [1.807, 2.05) is 47.9 Å². The highest BCUT2D eigenvalue weighted by molar-refractivity contribution is 5.94. The van der Waals surface area contributed by atoms with Crippen LogP contribution in [0.3, 0.4) is 0 Å². The minimum absolute atomic E-state index is 0.0684. The van der Waals surface area contributed by atoms with Crippen LogP contribution in [0.25, 0.3) is 28.2 Å². The summed E-state index contributed by atoms with van der Waals surface area (Å²) >= 11 is 0. The summed E-state index contributed by atoms with van der Waals surface area (Å²) in [4.78, 5) is 17.5. The minimum atomic E-state index is -0.180. The number of nitrogens with one attached hydrogen (secondary N) is 1. The molecule has 4 aromatic rings. The first kappa shape index (κ1) is 20.5. The second-order valence-corrected chi connectivity index (χ2v) is 8.66. The molecule has 0 unspecified atom stereocenters. The molecule has 5 heteroatoms. The first-order valence-electron chi connectivity index (χ1n) is 11.3. The number of hydrogen-bond donors (Lipinski definition) is 2. The van der Waals surface area contributed by atoms with Crippen LogP contribution in [0.2, 0.25) is 0 Å². The lowest BCUT2D eigenvalue weighted by Crippen LogP contribution is -2.43. The largest absolute Gasteiger partial charge is 0.352 e. The van der Waals surface area contributed by atoms with Gasteiger partial charge in [0.15, 0.2) is 0 Å². The fourth-order valence-corrected chi connectivity index (χ4v) is 4.40. The molecule has 5 rings (SSSR count). The maximum atomic E-state index is 12.6. The molecule has 0 spiro atoms. The van der Waals surface area contributed by atoms with Gasteiger partial charge < -0.3 is 11.1 Å². The molecule has 3 N–H and O–H groups in total. The van der Waals surface area contributed by atoms with Crippen molar-refractivity contribution in [1.29, 1.82) is 0 Å². The first-order chi connectivity index (χ1) is 15.6. The lowest BCUT2D eigenvalue weighted by atomic mass is 9.72. The molecular weight excluding hydrogens is 396 g/mol. The molecule has 162 valence electrons. The first-order valence-corrected chi connectivity index (χ1v) is 11.3. The van der Waals surface area contributed by atoms with Gasteiger partial charge in [-0.05, 0) is 43.4 Å². The van der Waals surface area contributed by atoms with Crippen molar-refractivity contribution in [2.24, 2.45) is 5.73 Å². The van der Waals surface area contributed by atoms with Crippen LogP contribution in [0.1, 0.15) is 48.5 Å². The van der Waals surface area contributed by atoms with Crippen LogP contribution < -0.4 is 11.1 Å². The van der Waals surface area contributed by atoms with Gasteiger partial charge in [0.1, 0.15) is 5.65 Å². The molecule has 32 heavy (non-hydrogen) atoms. The number of amides is 1. The van der Waals surface area contributed by atoms with E-state index >= 15 is 0 Å². The van der Waals surface area contributed by atoms with Crippen molar-refractivity contribution in [3.8, 4) is 22.5 Å². The summed E-state index contributed by atoms with van der Waals surface area (Å²) in [6, 6.07) is 22.5. The number of rotatable bonds is 6. The lowest BCUT2D eigenvalue weighted by Gasteiger charge is -2.38. The molecule has 0 radical (unpaired) electrons. The highest BCUT2D eigenvalue weighted by Crippen LogP contribution is 2.40. The number of pyridine rings is 1. The van der Waals surface area contributed by atoms with Crippen LogP contribution in [0, 0.1) is 0 Å². The topological polar surface area (TPSA) is 72.4 Å². The molecule has 0 bridgehead atoms. The number of carbonyl (C=O) groups is 1. The number of aromatic nitrogens is 2. The van der Waals surface area contributed by atoms with Crippen LogP contribution in [0.15, 0.2) is 72.9 Å². The van der Waals surface area contributed by atoms with Crippen LogP contribution in [-0.4, -0.2) is 21.8 Å². The van der Waals surface area contributed by atoms with Gasteiger partial charge in [-0.1, -0.05) is 61.5 Å². The van der Waals surface area contributed by atoms with E-state index in [-0.39, 0.29) is 11.4 Å². The molecule has 2 heterocycles. The van der Waals surface area contributed by atoms with Gasteiger partial charge in [-0.3, -0.25) is 9.20 Å². The predicted octanol–water partition coefficient (Wildman–Crippen LogP) is 5.15. The van der Waals surface area contributed by atoms with Crippen molar-refractivity contribution < 1.29 is 4.79 Å². The van der Waals surface area contributed by atoms with E-state index in [1.54, 1.807) is 0 Å². The van der Waals surface area contributed by atoms with Gasteiger partial charge in [-0.2, -0.15) is 0 Å². The summed E-state index contributed by atoms with van der Waals surface area (Å²) in [5.74, 6) is -0.0684. The Morgan fingerprint density at radius 2 is 1.78 bits per heavy atom. The molecule has 2 aromatic heterocycles. The third kappa shape index (κ3) is 3.59. The average molecular weight is 425 g/mol. The number of carbonyl (C=O) groups excluding carboxylic acids is 1. The Kier molecular flexibility index (Phi) is 5.27. The predicted molar refractivity (Wildman–Crippen MR) is 128 cm³/mol. The molecular formula is C27H28N4O. The van der Waals surface area contributed by atoms with Crippen molar-refractivity contribution in [1.82, 2.24) is 14.7 Å². The molecule has 0 saturated heterocycles. The van der Waals surface area contributed by atoms with E-state index in [1.165, 1.54) is 12.0 Å². The quantitative estimate of drug-likeness (QED) is 0.450. The van der Waals surface area contributed by atoms with Crippen molar-refractivity contribution in [2.75, 3.05) is 6.54 Å². The van der Waals surface area contributed by atoms with E-state index in [2.05, 4.69) is 41.7 Å². The van der Waals surface area contributed by atoms with Crippen LogP contribution in [0.4, 0.5) is 0 Å². The summed E-state index contributed by atoms with van der Waals surface area (Å²) in [6.07, 6.45) is 6.06. The zero-order valence-corrected chi connectivity index (χ0v) is 18.3. The van der Waals surface area contributed by atoms with Crippen LogP contribution in [-0.2, 0) is 5.54 Å². The Balaban J connectivity index is 1.63. The molecule has 5 nitrogen and oxygen atoms in total. The Morgan fingerprint density at radius 1 is 1.03 bits per heavy atom. The summed E-state index contributed by atoms with van der Waals surface area (Å²) in [5, 5.41) is 2.96. The number of nitrogens with zero attached hydrogens (tertiary/aromatic N) is 2. The zero-order valence-electron chi connectivity index (χ0n) is 18.3. The highest BCUT2D eigenvalue weighted by atomic mass is 16.1. The molecule has 2 aromatic carbocycles. The van der Waals surface area contributed by atoms with Crippen LogP contribution >= 0.6 is 0 Å². The summed E-state index contributed by atoms with van der Waals surface area (Å²) < 4.78 is 2.02. The number of imidazole rings is 1. The van der Waals surface area contributed by atoms with E-state index < -0.39 is 0 Å². The second kappa shape index (κ2) is 8.24. The van der Waals surface area contributed by atoms with Gasteiger partial charge >= 0.3 is 0 Å². The monoisotopic (exact) mass is 424 g/mol. The normalized spacial score (nSPS) is 14.8. The third-order valence-corrected chi connectivity index (χ3v) is 6.44. The van der Waals surface area contributed by atoms with Gasteiger partial charge in [0.2, 0.25) is 0 Å². The highest BCUT2D eigenvalue weighted by Gasteiger charge is 2.34. The second-order valence-electron chi connectivity index (χ2n) is 8.66. The summed E-state index contributed by atoms with van der Waals surface area (Å²) in [7, 11) is 0. The Hall–Kier alpha value is -3.44. The Morgan fingerprint density at radius 3 is 2.44 bits per heavy atom. The zero-order chi connectivity index (χ0) is 22.1. The van der Waals surface area contributed by atoms with Crippen molar-refractivity contribution in [2.45, 2.75) is 38.1 Å². The molecule has 1 aliphatic carbocycles. The lowest BCUT2D eigenvalue weighted by molar-refractivity contribution is 0.0953. The van der Waals surface area contributed by atoms with E-state index in [0.717, 1.165) is 47.4 Å². The number of nitrogens with two attached hydrogens (primary N) is 1. The fourth-order valence-electron chi connectivity index (χ4n) is 4.40. The Labute approximate surface area is 188 Å². The molecule has 1 aliphatic rings.